The van der Waals surface area contributed by atoms with E-state index in [2.05, 4.69) is 175 Å². The molecule has 0 saturated carbocycles. The third-order valence-corrected chi connectivity index (χ3v) is 2.47. The molecule has 0 fully saturated rings. The van der Waals surface area contributed by atoms with Gasteiger partial charge < -0.3 is 9.47 Å². The van der Waals surface area contributed by atoms with Gasteiger partial charge in [-0.2, -0.15) is 0 Å². The number of carbonyl (C=O) groups excluding carboxylic acids is 2. The first-order valence-electron chi connectivity index (χ1n) is 9.89. The van der Waals surface area contributed by atoms with E-state index < -0.39 is 11.9 Å². The van der Waals surface area contributed by atoms with E-state index in [1.807, 2.05) is 0 Å². The molecule has 0 aromatic rings. The van der Waals surface area contributed by atoms with Crippen molar-refractivity contribution in [1.82, 2.24) is 0 Å². The van der Waals surface area contributed by atoms with Crippen molar-refractivity contribution in [2.45, 2.75) is 13.8 Å². The summed E-state index contributed by atoms with van der Waals surface area (Å²) in [5.74, 6) is 67.5. The number of hydrogen-bond donors (Lipinski definition) is 0. The lowest BCUT2D eigenvalue weighted by Gasteiger charge is -2.00. The van der Waals surface area contributed by atoms with Crippen LogP contribution in [0.5, 0.6) is 0 Å². The summed E-state index contributed by atoms with van der Waals surface area (Å²) in [7, 11) is 0. The highest BCUT2D eigenvalue weighted by Gasteiger charge is 1.97. The lowest BCUT2D eigenvalue weighted by molar-refractivity contribution is -0.147. The first kappa shape index (κ1) is 30.8. The van der Waals surface area contributed by atoms with E-state index in [9.17, 15) is 9.59 Å². The highest BCUT2D eigenvalue weighted by atomic mass is 16.6. The van der Waals surface area contributed by atoms with Crippen LogP contribution in [0.1, 0.15) is 53.8 Å². The zero-order valence-corrected chi connectivity index (χ0v) is 20.0. The van der Waals surface area contributed by atoms with Gasteiger partial charge in [-0.1, -0.05) is 5.92 Å². The Labute approximate surface area is 265 Å². The Bertz CT molecular complexity index is 1910. The Kier molecular flexibility index (Phi) is 21.1. The molecule has 0 saturated heterocycles. The van der Waals surface area contributed by atoms with Crippen LogP contribution in [0.2, 0.25) is 0 Å². The van der Waals surface area contributed by atoms with E-state index in [1.54, 1.807) is 6.92 Å². The molecule has 0 amide bonds. The quantitative estimate of drug-likeness (QED) is 0.167. The molecular weight excluding hydrogens is 472 g/mol. The molecule has 0 atom stereocenters. The Hall–Kier alpha value is -7.22. The average molecular weight is 539 g/mol. The molecule has 38 heavy (non-hydrogen) atoms. The van der Waals surface area contributed by atoms with E-state index >= 15 is 0 Å². The zero-order valence-electron chi connectivity index (χ0n) is 20.0. The maximum absolute atomic E-state index is 11.2. The predicted octanol–water partition coefficient (Wildman–Crippen LogP) is 7.05. The van der Waals surface area contributed by atoms with Crippen LogP contribution in [0.25, 0.3) is 0 Å². The summed E-state index contributed by atoms with van der Waals surface area (Å²) < 4.78 is 9.26. The molecule has 0 spiro atoms. The van der Waals surface area contributed by atoms with Gasteiger partial charge in [-0.15, -0.1) is 0 Å². The lowest BCUT2D eigenvalue weighted by atomic mass is 10.4. The maximum atomic E-state index is 11.2. The predicted molar refractivity (Wildman–Crippen MR) is 201 cm³/mol. The number of esters is 2. The average Bonchev–Trinajstić information content (AvgIpc) is 2.90. The number of hydrogen-bond acceptors (Lipinski definition) is 4. The molecular formula is C34H66O4. The fraction of sp³-hybridized carbons (Fsp3) is 0.118. The summed E-state index contributed by atoms with van der Waals surface area (Å²) in [6, 6.07) is 0. The van der Waals surface area contributed by atoms with Gasteiger partial charge in [-0.05, 0) is 102 Å². The number of rotatable bonds is 3. The lowest BCUT2D eigenvalue weighted by Crippen LogP contribution is -2.10. The smallest absolute Gasteiger partial charge is 0.385 e. The van der Waals surface area contributed by atoms with Crippen molar-refractivity contribution < 1.29 is 59.0 Å². The summed E-state index contributed by atoms with van der Waals surface area (Å²) >= 11 is 0. The molecule has 0 radical (unpaired) electrons. The summed E-state index contributed by atoms with van der Waals surface area (Å²) in [6.45, 7) is 2.81. The van der Waals surface area contributed by atoms with Gasteiger partial charge in [-0.3, -0.25) is 4.79 Å². The molecule has 0 heterocycles. The summed E-state index contributed by atoms with van der Waals surface area (Å²) in [4.78, 5) is 21.7. The highest BCUT2D eigenvalue weighted by molar-refractivity contribution is 5.89. The second kappa shape index (κ2) is 26.0. The molecule has 0 bridgehead atoms. The largest absolute Gasteiger partial charge is 0.462 e. The van der Waals surface area contributed by atoms with Gasteiger partial charge in [0.05, 0.1) is 0 Å². The van der Waals surface area contributed by atoms with Crippen LogP contribution in [0.15, 0.2) is 0 Å². The SMILES string of the molecule is CC#CC#CC#CC#CC#CC#CC#CC#CC#CC#CC#CC#CC#CC#CC(=O)OCCOC(C)=O.[HH].[HH].[HH].[HH].[HH].[HH].[HH].[HH].[HH].[HH].[HH].[HH].[HH].[HH].[HH].[HH].[HH].[HH].[HH].[HH].[HH].[HH].[HH].[HH].[HH].[HH].[HH].[HH]. The van der Waals surface area contributed by atoms with Gasteiger partial charge >= 0.3 is 11.9 Å². The molecule has 0 aliphatic carbocycles. The second-order valence-corrected chi connectivity index (χ2v) is 5.10. The van der Waals surface area contributed by atoms with Crippen molar-refractivity contribution >= 4 is 11.9 Å². The van der Waals surface area contributed by atoms with Crippen molar-refractivity contribution in [3.8, 4) is 166 Å². The molecule has 4 nitrogen and oxygen atoms in total. The Morgan fingerprint density at radius 1 is 0.447 bits per heavy atom. The normalized spacial score (nSPS) is 5.21. The van der Waals surface area contributed by atoms with Crippen LogP contribution in [-0.4, -0.2) is 25.2 Å². The fourth-order valence-electron chi connectivity index (χ4n) is 1.25. The van der Waals surface area contributed by atoms with Gasteiger partial charge in [-0.25, -0.2) is 4.79 Å². The molecule has 4 heteroatoms. The Morgan fingerprint density at radius 3 is 1.00 bits per heavy atom. The standard InChI is InChI=1S/C34H10O4.28H2/c1-3-4-5-6-7-8-9-10-11-12-13-14-15-16-17-18-19-20-21-22-23-24-25-26-27-28-29-30-34(36)38-32-31-37-33(2)35;;;;;;;;;;;;;;;;;;;;;;;;;;;;/h31-32H2,1-2H3;28*1H. The van der Waals surface area contributed by atoms with E-state index in [-0.39, 0.29) is 53.2 Å². The minimum atomic E-state index is -0.795. The van der Waals surface area contributed by atoms with E-state index in [0.717, 1.165) is 0 Å². The van der Waals surface area contributed by atoms with Gasteiger partial charge in [0.2, 0.25) is 0 Å². The molecule has 0 rings (SSSR count). The molecule has 226 valence electrons. The topological polar surface area (TPSA) is 52.6 Å². The number of carbonyl (C=O) groups is 2. The van der Waals surface area contributed by atoms with Crippen LogP contribution >= 0.6 is 0 Å². The van der Waals surface area contributed by atoms with Gasteiger partial charge in [0, 0.05) is 112 Å². The molecule has 0 aromatic heterocycles. The fourth-order valence-corrected chi connectivity index (χ4v) is 1.25. The minimum Gasteiger partial charge on any atom is -0.462 e. The second-order valence-electron chi connectivity index (χ2n) is 5.10. The van der Waals surface area contributed by atoms with E-state index in [0.29, 0.717) is 0 Å². The minimum absolute atomic E-state index is 0. The molecule has 0 aliphatic rings. The highest BCUT2D eigenvalue weighted by Crippen LogP contribution is 1.80. The summed E-state index contributed by atoms with van der Waals surface area (Å²) in [6.07, 6.45) is 0. The first-order chi connectivity index (χ1) is 18.7. The Balaban J connectivity index is -0.0000000181. The third-order valence-electron chi connectivity index (χ3n) is 2.47. The molecule has 0 aliphatic heterocycles. The van der Waals surface area contributed by atoms with Gasteiger partial charge in [0.25, 0.3) is 0 Å². The maximum Gasteiger partial charge on any atom is 0.385 e. The van der Waals surface area contributed by atoms with Crippen molar-refractivity contribution in [3.63, 3.8) is 0 Å². The van der Waals surface area contributed by atoms with Crippen molar-refractivity contribution in [2.75, 3.05) is 13.2 Å². The van der Waals surface area contributed by atoms with Crippen LogP contribution in [-0.2, 0) is 19.1 Å². The van der Waals surface area contributed by atoms with Crippen LogP contribution in [0, 0.1) is 166 Å². The van der Waals surface area contributed by atoms with Crippen LogP contribution in [0.3, 0.4) is 0 Å². The monoisotopic (exact) mass is 538 g/mol. The van der Waals surface area contributed by atoms with Crippen LogP contribution in [0.4, 0.5) is 0 Å². The van der Waals surface area contributed by atoms with Gasteiger partial charge in [0.1, 0.15) is 13.2 Å². The van der Waals surface area contributed by atoms with Crippen LogP contribution < -0.4 is 0 Å². The van der Waals surface area contributed by atoms with E-state index in [1.165, 1.54) is 6.92 Å². The van der Waals surface area contributed by atoms with E-state index in [4.69, 9.17) is 0 Å². The summed E-state index contributed by atoms with van der Waals surface area (Å²) in [5, 5.41) is 0. The molecule has 0 unspecified atom stereocenters. The summed E-state index contributed by atoms with van der Waals surface area (Å²) in [5.41, 5.74) is 0. The zero-order chi connectivity index (χ0) is 27.8. The first-order valence-corrected chi connectivity index (χ1v) is 9.89. The Morgan fingerprint density at radius 2 is 0.711 bits per heavy atom. The third kappa shape index (κ3) is 26.8. The van der Waals surface area contributed by atoms with Crippen molar-refractivity contribution in [2.24, 2.45) is 0 Å². The van der Waals surface area contributed by atoms with Gasteiger partial charge in [0.15, 0.2) is 0 Å². The van der Waals surface area contributed by atoms with Crippen molar-refractivity contribution in [1.29, 1.82) is 0 Å². The van der Waals surface area contributed by atoms with Crippen molar-refractivity contribution in [3.05, 3.63) is 0 Å². The molecule has 0 aromatic carbocycles. The molecule has 0 N–H and O–H groups in total. The number of ether oxygens (including phenoxy) is 2.